The van der Waals surface area contributed by atoms with Gasteiger partial charge in [0, 0.05) is 5.69 Å². The number of carbonyl (C=O) groups is 1. The predicted octanol–water partition coefficient (Wildman–Crippen LogP) is 2.58. The van der Waals surface area contributed by atoms with E-state index in [1.807, 2.05) is 32.0 Å². The first-order chi connectivity index (χ1) is 7.63. The van der Waals surface area contributed by atoms with E-state index in [1.54, 1.807) is 0 Å². The van der Waals surface area contributed by atoms with Crippen molar-refractivity contribution >= 4 is 11.6 Å². The fourth-order valence-corrected chi connectivity index (χ4v) is 2.08. The number of aliphatic hydroxyl groups is 1. The van der Waals surface area contributed by atoms with Crippen molar-refractivity contribution in [2.45, 2.75) is 38.7 Å². The van der Waals surface area contributed by atoms with Gasteiger partial charge in [0.2, 0.25) is 5.91 Å². The lowest BCUT2D eigenvalue weighted by atomic mass is 9.97. The van der Waals surface area contributed by atoms with Crippen LogP contribution < -0.4 is 5.32 Å². The van der Waals surface area contributed by atoms with Crippen molar-refractivity contribution in [3.63, 3.8) is 0 Å². The molecule has 2 N–H and O–H groups in total. The average molecular weight is 219 g/mol. The molecular weight excluding hydrogens is 202 g/mol. The van der Waals surface area contributed by atoms with E-state index in [9.17, 15) is 9.90 Å². The third-order valence-corrected chi connectivity index (χ3v) is 3.14. The molecule has 0 saturated heterocycles. The first kappa shape index (κ1) is 11.1. The van der Waals surface area contributed by atoms with Crippen LogP contribution in [0.4, 0.5) is 5.69 Å². The molecule has 2 unspecified atom stereocenters. The Morgan fingerprint density at radius 1 is 1.50 bits per heavy atom. The Bertz CT molecular complexity index is 414. The molecule has 0 fully saturated rings. The minimum absolute atomic E-state index is 0.0390. The maximum absolute atomic E-state index is 11.5. The SMILES string of the molecule is CCCC(O)c1ccc2c(c1)C(C)C(=O)N2. The minimum atomic E-state index is -0.418. The average Bonchev–Trinajstić information content (AvgIpc) is 2.55. The number of hydrogen-bond acceptors (Lipinski definition) is 2. The summed E-state index contributed by atoms with van der Waals surface area (Å²) in [5.74, 6) is -0.0686. The Hall–Kier alpha value is -1.35. The molecule has 2 atom stereocenters. The van der Waals surface area contributed by atoms with Crippen LogP contribution in [0.25, 0.3) is 0 Å². The van der Waals surface area contributed by atoms with Crippen molar-refractivity contribution in [2.24, 2.45) is 0 Å². The number of fused-ring (bicyclic) bond motifs is 1. The summed E-state index contributed by atoms with van der Waals surface area (Å²) < 4.78 is 0. The Labute approximate surface area is 95.5 Å². The summed E-state index contributed by atoms with van der Waals surface area (Å²) in [5, 5.41) is 12.7. The van der Waals surface area contributed by atoms with Gasteiger partial charge in [0.05, 0.1) is 12.0 Å². The molecule has 86 valence electrons. The molecule has 1 aromatic carbocycles. The number of hydrogen-bond donors (Lipinski definition) is 2. The van der Waals surface area contributed by atoms with E-state index in [4.69, 9.17) is 0 Å². The first-order valence-electron chi connectivity index (χ1n) is 5.76. The zero-order chi connectivity index (χ0) is 11.7. The Morgan fingerprint density at radius 3 is 2.94 bits per heavy atom. The van der Waals surface area contributed by atoms with Crippen molar-refractivity contribution in [3.05, 3.63) is 29.3 Å². The lowest BCUT2D eigenvalue weighted by Crippen LogP contribution is -2.08. The van der Waals surface area contributed by atoms with Gasteiger partial charge in [0.15, 0.2) is 0 Å². The Morgan fingerprint density at radius 2 is 2.25 bits per heavy atom. The number of rotatable bonds is 3. The van der Waals surface area contributed by atoms with Crippen molar-refractivity contribution in [2.75, 3.05) is 5.32 Å². The summed E-state index contributed by atoms with van der Waals surface area (Å²) in [7, 11) is 0. The maximum Gasteiger partial charge on any atom is 0.231 e. The molecule has 1 heterocycles. The van der Waals surface area contributed by atoms with Gasteiger partial charge in [0.1, 0.15) is 0 Å². The molecule has 0 bridgehead atoms. The van der Waals surface area contributed by atoms with Crippen LogP contribution in [0.2, 0.25) is 0 Å². The van der Waals surface area contributed by atoms with E-state index in [0.29, 0.717) is 0 Å². The van der Waals surface area contributed by atoms with Crippen LogP contribution in [0.5, 0.6) is 0 Å². The Balaban J connectivity index is 2.30. The number of benzene rings is 1. The standard InChI is InChI=1S/C13H17NO2/c1-3-4-12(15)9-5-6-11-10(7-9)8(2)13(16)14-11/h5-8,12,15H,3-4H2,1-2H3,(H,14,16). The second-order valence-electron chi connectivity index (χ2n) is 4.36. The summed E-state index contributed by atoms with van der Waals surface area (Å²) in [6.45, 7) is 3.93. The van der Waals surface area contributed by atoms with E-state index in [2.05, 4.69) is 5.32 Å². The molecule has 1 aliphatic heterocycles. The molecule has 3 nitrogen and oxygen atoms in total. The van der Waals surface area contributed by atoms with Gasteiger partial charge in [-0.3, -0.25) is 4.79 Å². The molecule has 2 rings (SSSR count). The highest BCUT2D eigenvalue weighted by atomic mass is 16.3. The van der Waals surface area contributed by atoms with Crippen molar-refractivity contribution in [3.8, 4) is 0 Å². The Kier molecular flexibility index (Phi) is 2.97. The highest BCUT2D eigenvalue weighted by Gasteiger charge is 2.26. The predicted molar refractivity (Wildman–Crippen MR) is 63.4 cm³/mol. The lowest BCUT2D eigenvalue weighted by Gasteiger charge is -2.11. The van der Waals surface area contributed by atoms with Gasteiger partial charge < -0.3 is 10.4 Å². The molecule has 3 heteroatoms. The summed E-state index contributed by atoms with van der Waals surface area (Å²) in [6.07, 6.45) is 1.29. The second kappa shape index (κ2) is 4.26. The third kappa shape index (κ3) is 1.83. The maximum atomic E-state index is 11.5. The summed E-state index contributed by atoms with van der Waals surface area (Å²) in [4.78, 5) is 11.5. The highest BCUT2D eigenvalue weighted by molar-refractivity contribution is 6.02. The van der Waals surface area contributed by atoms with Gasteiger partial charge in [0.25, 0.3) is 0 Å². The van der Waals surface area contributed by atoms with Crippen LogP contribution in [0.3, 0.4) is 0 Å². The van der Waals surface area contributed by atoms with E-state index < -0.39 is 6.10 Å². The number of aliphatic hydroxyl groups excluding tert-OH is 1. The zero-order valence-corrected chi connectivity index (χ0v) is 9.66. The normalized spacial score (nSPS) is 20.4. The molecule has 16 heavy (non-hydrogen) atoms. The fraction of sp³-hybridized carbons (Fsp3) is 0.462. The number of carbonyl (C=O) groups excluding carboxylic acids is 1. The largest absolute Gasteiger partial charge is 0.388 e. The van der Waals surface area contributed by atoms with Crippen molar-refractivity contribution in [1.29, 1.82) is 0 Å². The molecule has 1 aliphatic rings. The smallest absolute Gasteiger partial charge is 0.231 e. The molecule has 1 aromatic rings. The summed E-state index contributed by atoms with van der Waals surface area (Å²) in [5.41, 5.74) is 2.78. The summed E-state index contributed by atoms with van der Waals surface area (Å²) >= 11 is 0. The fourth-order valence-electron chi connectivity index (χ4n) is 2.08. The number of anilines is 1. The topological polar surface area (TPSA) is 49.3 Å². The van der Waals surface area contributed by atoms with Gasteiger partial charge in [-0.25, -0.2) is 0 Å². The molecule has 0 aliphatic carbocycles. The zero-order valence-electron chi connectivity index (χ0n) is 9.66. The van der Waals surface area contributed by atoms with Gasteiger partial charge in [-0.1, -0.05) is 25.5 Å². The van der Waals surface area contributed by atoms with Crippen LogP contribution in [0.15, 0.2) is 18.2 Å². The van der Waals surface area contributed by atoms with Crippen molar-refractivity contribution < 1.29 is 9.90 Å². The highest BCUT2D eigenvalue weighted by Crippen LogP contribution is 2.34. The number of nitrogens with one attached hydrogen (secondary N) is 1. The lowest BCUT2D eigenvalue weighted by molar-refractivity contribution is -0.116. The van der Waals surface area contributed by atoms with Crippen LogP contribution in [-0.2, 0) is 4.79 Å². The van der Waals surface area contributed by atoms with Crippen LogP contribution in [0, 0.1) is 0 Å². The second-order valence-corrected chi connectivity index (χ2v) is 4.36. The molecule has 0 radical (unpaired) electrons. The minimum Gasteiger partial charge on any atom is -0.388 e. The number of amides is 1. The van der Waals surface area contributed by atoms with Gasteiger partial charge in [-0.05, 0) is 30.5 Å². The summed E-state index contributed by atoms with van der Waals surface area (Å²) in [6, 6.07) is 5.71. The molecule has 0 saturated carbocycles. The van der Waals surface area contributed by atoms with Crippen LogP contribution >= 0.6 is 0 Å². The van der Waals surface area contributed by atoms with E-state index in [-0.39, 0.29) is 11.8 Å². The molecule has 0 spiro atoms. The monoisotopic (exact) mass is 219 g/mol. The van der Waals surface area contributed by atoms with Crippen LogP contribution in [-0.4, -0.2) is 11.0 Å². The van der Waals surface area contributed by atoms with Gasteiger partial charge >= 0.3 is 0 Å². The molecule has 1 amide bonds. The molecule has 0 aromatic heterocycles. The van der Waals surface area contributed by atoms with E-state index in [1.165, 1.54) is 0 Å². The van der Waals surface area contributed by atoms with E-state index >= 15 is 0 Å². The third-order valence-electron chi connectivity index (χ3n) is 3.14. The van der Waals surface area contributed by atoms with Gasteiger partial charge in [-0.15, -0.1) is 0 Å². The quantitative estimate of drug-likeness (QED) is 0.820. The molecular formula is C13H17NO2. The van der Waals surface area contributed by atoms with Crippen LogP contribution in [0.1, 0.15) is 49.8 Å². The van der Waals surface area contributed by atoms with E-state index in [0.717, 1.165) is 29.7 Å². The van der Waals surface area contributed by atoms with Gasteiger partial charge in [-0.2, -0.15) is 0 Å². The van der Waals surface area contributed by atoms with Crippen molar-refractivity contribution in [1.82, 2.24) is 0 Å². The first-order valence-corrected chi connectivity index (χ1v) is 5.76.